The van der Waals surface area contributed by atoms with Crippen LogP contribution in [0.5, 0.6) is 0 Å². The van der Waals surface area contributed by atoms with Crippen LogP contribution in [0.2, 0.25) is 0 Å². The topological polar surface area (TPSA) is 87.7 Å². The Morgan fingerprint density at radius 1 is 1.00 bits per heavy atom. The molecule has 5 fully saturated rings. The Hall–Kier alpha value is -1.89. The lowest BCUT2D eigenvalue weighted by molar-refractivity contribution is -0.145. The monoisotopic (exact) mass is 399 g/mol. The number of hydrogen-bond acceptors (Lipinski definition) is 4. The summed E-state index contributed by atoms with van der Waals surface area (Å²) in [6.45, 7) is 1.88. The zero-order chi connectivity index (χ0) is 20.0. The normalized spacial score (nSPS) is 43.1. The molecule has 2 saturated heterocycles. The minimum Gasteiger partial charge on any atom is -0.356 e. The van der Waals surface area contributed by atoms with Crippen LogP contribution < -0.4 is 10.6 Å². The number of rotatable bonds is 5. The Labute approximate surface area is 170 Å². The first-order chi connectivity index (χ1) is 13.9. The van der Waals surface area contributed by atoms with Gasteiger partial charge >= 0.3 is 0 Å². The van der Waals surface area contributed by atoms with Crippen LogP contribution in [0.25, 0.3) is 0 Å². The first-order valence-corrected chi connectivity index (χ1v) is 11.3. The molecule has 0 unspecified atom stereocenters. The quantitative estimate of drug-likeness (QED) is 0.676. The average Bonchev–Trinajstić information content (AvgIpc) is 3.56. The van der Waals surface area contributed by atoms with Crippen molar-refractivity contribution in [2.75, 3.05) is 0 Å². The minimum atomic E-state index is -1.03. The van der Waals surface area contributed by atoms with Crippen LogP contribution in [-0.2, 0) is 19.1 Å². The van der Waals surface area contributed by atoms with Gasteiger partial charge in [0.1, 0.15) is 11.6 Å². The predicted octanol–water partition coefficient (Wildman–Crippen LogP) is 1.03. The van der Waals surface area contributed by atoms with Crippen molar-refractivity contribution in [1.29, 1.82) is 0 Å². The first kappa shape index (κ1) is 17.9. The summed E-state index contributed by atoms with van der Waals surface area (Å²) in [5, 5.41) is 6.27. The Balaban J connectivity index is 1.36. The Morgan fingerprint density at radius 3 is 2.31 bits per heavy atom. The second-order valence-corrected chi connectivity index (χ2v) is 10.1. The molecule has 2 N–H and O–H groups in total. The fourth-order valence-corrected chi connectivity index (χ4v) is 6.18. The summed E-state index contributed by atoms with van der Waals surface area (Å²) in [5.41, 5.74) is -1.86. The van der Waals surface area contributed by atoms with Gasteiger partial charge in [-0.1, -0.05) is 25.0 Å². The molecule has 156 valence electrons. The zero-order valence-electron chi connectivity index (χ0n) is 16.9. The van der Waals surface area contributed by atoms with Gasteiger partial charge in [-0.15, -0.1) is 0 Å². The molecule has 3 heterocycles. The van der Waals surface area contributed by atoms with Crippen LogP contribution in [0.15, 0.2) is 12.2 Å². The molecule has 6 rings (SSSR count). The second-order valence-electron chi connectivity index (χ2n) is 10.1. The molecular formula is C22H29N3O4. The number of amides is 3. The highest BCUT2D eigenvalue weighted by atomic mass is 16.5. The lowest BCUT2D eigenvalue weighted by atomic mass is 9.70. The van der Waals surface area contributed by atoms with Gasteiger partial charge in [-0.3, -0.25) is 14.4 Å². The smallest absolute Gasteiger partial charge is 0.246 e. The maximum atomic E-state index is 13.6. The molecule has 1 spiro atoms. The van der Waals surface area contributed by atoms with E-state index in [0.29, 0.717) is 0 Å². The minimum absolute atomic E-state index is 0.0805. The van der Waals surface area contributed by atoms with E-state index in [9.17, 15) is 14.4 Å². The molecule has 0 radical (unpaired) electrons. The number of nitrogens with one attached hydrogen (secondary N) is 2. The van der Waals surface area contributed by atoms with Crippen molar-refractivity contribution in [3.63, 3.8) is 0 Å². The summed E-state index contributed by atoms with van der Waals surface area (Å²) in [4.78, 5) is 42.0. The van der Waals surface area contributed by atoms with E-state index in [4.69, 9.17) is 4.74 Å². The van der Waals surface area contributed by atoms with Crippen LogP contribution in [0, 0.1) is 11.8 Å². The number of fused-ring (bicyclic) bond motifs is 1. The third-order valence-corrected chi connectivity index (χ3v) is 7.83. The Bertz CT molecular complexity index is 813. The summed E-state index contributed by atoms with van der Waals surface area (Å²) < 4.78 is 6.49. The standard InChI is InChI=1S/C22H29N3O4/c1-21-10-11-22(29-21)16(15(21)18(26)23-13-6-7-13)20(28)25(14-8-9-14)17(22)19(27)24-12-4-2-3-5-12/h10-17H,2-9H2,1H3,(H,23,26)(H,24,27)/t15-,16+,17+,21+,22-/m1/s1. The van der Waals surface area contributed by atoms with Gasteiger partial charge in [0.25, 0.3) is 0 Å². The number of carbonyl (C=O) groups excluding carboxylic acids is 3. The molecule has 7 heteroatoms. The highest BCUT2D eigenvalue weighted by Gasteiger charge is 2.77. The van der Waals surface area contributed by atoms with Gasteiger partial charge in [0, 0.05) is 18.1 Å². The van der Waals surface area contributed by atoms with Gasteiger partial charge in [0.15, 0.2) is 0 Å². The molecule has 29 heavy (non-hydrogen) atoms. The summed E-state index contributed by atoms with van der Waals surface area (Å²) in [6, 6.07) is -0.174. The molecule has 2 bridgehead atoms. The van der Waals surface area contributed by atoms with Gasteiger partial charge in [0.2, 0.25) is 17.7 Å². The number of nitrogens with zero attached hydrogens (tertiary/aromatic N) is 1. The SMILES string of the molecule is C[C@@]12C=C[C@@]3(O1)[C@H](C(=O)N(C1CC1)[C@H]3C(=O)NC1CCCC1)[C@@H]2C(=O)NC1CC1. The highest BCUT2D eigenvalue weighted by Crippen LogP contribution is 2.61. The molecule has 0 aromatic carbocycles. The number of hydrogen-bond donors (Lipinski definition) is 2. The van der Waals surface area contributed by atoms with E-state index in [1.165, 1.54) is 0 Å². The van der Waals surface area contributed by atoms with Gasteiger partial charge in [-0.25, -0.2) is 0 Å². The maximum Gasteiger partial charge on any atom is 0.246 e. The molecule has 7 nitrogen and oxygen atoms in total. The fraction of sp³-hybridized carbons (Fsp3) is 0.773. The number of likely N-dealkylation sites (tertiary alicyclic amines) is 1. The van der Waals surface area contributed by atoms with Crippen molar-refractivity contribution in [2.24, 2.45) is 11.8 Å². The third kappa shape index (κ3) is 2.49. The first-order valence-electron chi connectivity index (χ1n) is 11.3. The molecule has 3 amide bonds. The molecule has 6 aliphatic rings. The third-order valence-electron chi connectivity index (χ3n) is 7.83. The van der Waals surface area contributed by atoms with Gasteiger partial charge in [-0.05, 0) is 45.4 Å². The number of ether oxygens (including phenoxy) is 1. The van der Waals surface area contributed by atoms with Gasteiger partial charge in [-0.2, -0.15) is 0 Å². The summed E-state index contributed by atoms with van der Waals surface area (Å²) >= 11 is 0. The van der Waals surface area contributed by atoms with Crippen molar-refractivity contribution in [1.82, 2.24) is 15.5 Å². The average molecular weight is 399 g/mol. The van der Waals surface area contributed by atoms with E-state index in [1.54, 1.807) is 4.90 Å². The van der Waals surface area contributed by atoms with Crippen LogP contribution >= 0.6 is 0 Å². The molecule has 5 atom stereocenters. The molecule has 3 aliphatic carbocycles. The van der Waals surface area contributed by atoms with Crippen LogP contribution in [-0.4, -0.2) is 58.0 Å². The summed E-state index contributed by atoms with van der Waals surface area (Å²) in [7, 11) is 0. The molecular weight excluding hydrogens is 370 g/mol. The zero-order valence-corrected chi connectivity index (χ0v) is 16.9. The van der Waals surface area contributed by atoms with Crippen molar-refractivity contribution in [3.8, 4) is 0 Å². The summed E-state index contributed by atoms with van der Waals surface area (Å²) in [6.07, 6.45) is 11.9. The van der Waals surface area contributed by atoms with E-state index in [0.717, 1.165) is 51.4 Å². The lowest BCUT2D eigenvalue weighted by Gasteiger charge is -2.33. The van der Waals surface area contributed by atoms with Crippen molar-refractivity contribution < 1.29 is 19.1 Å². The van der Waals surface area contributed by atoms with Gasteiger partial charge in [0.05, 0.1) is 17.4 Å². The van der Waals surface area contributed by atoms with Crippen LogP contribution in [0.3, 0.4) is 0 Å². The summed E-state index contributed by atoms with van der Waals surface area (Å²) in [5.74, 6) is -1.49. The van der Waals surface area contributed by atoms with Gasteiger partial charge < -0.3 is 20.3 Å². The second kappa shape index (κ2) is 5.84. The van der Waals surface area contributed by atoms with E-state index < -0.39 is 29.1 Å². The highest BCUT2D eigenvalue weighted by molar-refractivity contribution is 6.00. The van der Waals surface area contributed by atoms with E-state index in [2.05, 4.69) is 10.6 Å². The van der Waals surface area contributed by atoms with Crippen molar-refractivity contribution >= 4 is 17.7 Å². The molecule has 3 aliphatic heterocycles. The molecule has 0 aromatic heterocycles. The fourth-order valence-electron chi connectivity index (χ4n) is 6.18. The van der Waals surface area contributed by atoms with Crippen molar-refractivity contribution in [3.05, 3.63) is 12.2 Å². The van der Waals surface area contributed by atoms with E-state index >= 15 is 0 Å². The largest absolute Gasteiger partial charge is 0.356 e. The van der Waals surface area contributed by atoms with E-state index in [-0.39, 0.29) is 35.8 Å². The van der Waals surface area contributed by atoms with Crippen molar-refractivity contribution in [2.45, 2.75) is 93.7 Å². The molecule has 0 aromatic rings. The van der Waals surface area contributed by atoms with E-state index in [1.807, 2.05) is 19.1 Å². The number of carbonyl (C=O) groups is 3. The Morgan fingerprint density at radius 2 is 1.66 bits per heavy atom. The predicted molar refractivity (Wildman–Crippen MR) is 104 cm³/mol. The molecule has 3 saturated carbocycles. The van der Waals surface area contributed by atoms with Crippen LogP contribution in [0.4, 0.5) is 0 Å². The Kier molecular flexibility index (Phi) is 3.61. The van der Waals surface area contributed by atoms with Crippen LogP contribution in [0.1, 0.15) is 58.3 Å². The lowest BCUT2D eigenvalue weighted by Crippen LogP contribution is -2.56. The maximum absolute atomic E-state index is 13.6.